The van der Waals surface area contributed by atoms with Gasteiger partial charge < -0.3 is 15.4 Å². The van der Waals surface area contributed by atoms with Gasteiger partial charge in [-0.05, 0) is 6.07 Å². The highest BCUT2D eigenvalue weighted by Gasteiger charge is 2.20. The van der Waals surface area contributed by atoms with E-state index in [1.807, 2.05) is 13.2 Å². The van der Waals surface area contributed by atoms with Gasteiger partial charge >= 0.3 is 0 Å². The highest BCUT2D eigenvalue weighted by molar-refractivity contribution is 7.13. The second kappa shape index (κ2) is 6.43. The summed E-state index contributed by atoms with van der Waals surface area (Å²) < 4.78 is 7.01. The number of nitrogens with zero attached hydrogens (tertiary/aromatic N) is 3. The number of aryl methyl sites for hydroxylation is 1. The van der Waals surface area contributed by atoms with Gasteiger partial charge in [-0.3, -0.25) is 14.3 Å². The molecule has 0 saturated heterocycles. The molecule has 2 aromatic heterocycles. The normalized spacial score (nSPS) is 12.9. The number of anilines is 2. The molecule has 1 aliphatic heterocycles. The SMILES string of the molecule is Cn1cc(-c2nc(C(=O)Nc3cc4c(cc3Cl)NC(=O)CO4)cs2)cn1. The van der Waals surface area contributed by atoms with Gasteiger partial charge in [0.1, 0.15) is 16.5 Å². The highest BCUT2D eigenvalue weighted by Crippen LogP contribution is 2.36. The van der Waals surface area contributed by atoms with Crippen molar-refractivity contribution < 1.29 is 14.3 Å². The molecule has 8 nitrogen and oxygen atoms in total. The average Bonchev–Trinajstić information content (AvgIpc) is 3.24. The number of thiazole rings is 1. The third-order valence-electron chi connectivity index (χ3n) is 3.64. The van der Waals surface area contributed by atoms with Crippen molar-refractivity contribution in [2.75, 3.05) is 17.2 Å². The van der Waals surface area contributed by atoms with Gasteiger partial charge in [0.15, 0.2) is 6.61 Å². The molecule has 1 aromatic carbocycles. The Morgan fingerprint density at radius 1 is 1.46 bits per heavy atom. The number of halogens is 1. The van der Waals surface area contributed by atoms with Gasteiger partial charge in [0.25, 0.3) is 11.8 Å². The Morgan fingerprint density at radius 3 is 3.08 bits per heavy atom. The molecule has 3 aromatic rings. The maximum absolute atomic E-state index is 12.5. The number of hydrogen-bond donors (Lipinski definition) is 2. The molecule has 10 heteroatoms. The summed E-state index contributed by atoms with van der Waals surface area (Å²) in [6.07, 6.45) is 3.51. The molecular formula is C16H12ClN5O3S. The van der Waals surface area contributed by atoms with Gasteiger partial charge in [-0.1, -0.05) is 11.6 Å². The molecule has 0 unspecified atom stereocenters. The monoisotopic (exact) mass is 389 g/mol. The van der Waals surface area contributed by atoms with Crippen LogP contribution in [0, 0.1) is 0 Å². The van der Waals surface area contributed by atoms with Gasteiger partial charge in [0, 0.05) is 30.3 Å². The fourth-order valence-electron chi connectivity index (χ4n) is 2.42. The Bertz CT molecular complexity index is 1030. The minimum absolute atomic E-state index is 0.0808. The number of benzene rings is 1. The van der Waals surface area contributed by atoms with Crippen molar-refractivity contribution in [1.29, 1.82) is 0 Å². The lowest BCUT2D eigenvalue weighted by atomic mass is 10.2. The predicted molar refractivity (Wildman–Crippen MR) is 97.8 cm³/mol. The summed E-state index contributed by atoms with van der Waals surface area (Å²) in [5, 5.41) is 12.1. The van der Waals surface area contributed by atoms with E-state index in [1.54, 1.807) is 22.3 Å². The molecule has 0 bridgehead atoms. The molecule has 0 aliphatic carbocycles. The summed E-state index contributed by atoms with van der Waals surface area (Å²) in [7, 11) is 1.81. The Balaban J connectivity index is 1.55. The van der Waals surface area contributed by atoms with E-state index in [9.17, 15) is 9.59 Å². The molecule has 0 spiro atoms. The van der Waals surface area contributed by atoms with Crippen molar-refractivity contribution in [3.63, 3.8) is 0 Å². The lowest BCUT2D eigenvalue weighted by molar-refractivity contribution is -0.118. The molecule has 0 radical (unpaired) electrons. The minimum atomic E-state index is -0.391. The topological polar surface area (TPSA) is 98.1 Å². The fraction of sp³-hybridized carbons (Fsp3) is 0.125. The van der Waals surface area contributed by atoms with Crippen molar-refractivity contribution in [1.82, 2.24) is 14.8 Å². The van der Waals surface area contributed by atoms with Crippen molar-refractivity contribution in [2.45, 2.75) is 0 Å². The summed E-state index contributed by atoms with van der Waals surface area (Å²) in [5.74, 6) is -0.201. The van der Waals surface area contributed by atoms with Crippen molar-refractivity contribution >= 4 is 46.1 Å². The van der Waals surface area contributed by atoms with Crippen molar-refractivity contribution in [3.8, 4) is 16.3 Å². The second-order valence-corrected chi connectivity index (χ2v) is 6.83. The van der Waals surface area contributed by atoms with E-state index in [0.29, 0.717) is 22.1 Å². The van der Waals surface area contributed by atoms with Crippen LogP contribution in [0.5, 0.6) is 5.75 Å². The smallest absolute Gasteiger partial charge is 0.275 e. The first-order chi connectivity index (χ1) is 12.5. The number of carbonyl (C=O) groups is 2. The molecule has 1 aliphatic rings. The van der Waals surface area contributed by atoms with Crippen LogP contribution < -0.4 is 15.4 Å². The third kappa shape index (κ3) is 3.14. The zero-order valence-electron chi connectivity index (χ0n) is 13.4. The summed E-state index contributed by atoms with van der Waals surface area (Å²) >= 11 is 7.55. The van der Waals surface area contributed by atoms with Crippen molar-refractivity contribution in [2.24, 2.45) is 7.05 Å². The number of aromatic nitrogens is 3. The fourth-order valence-corrected chi connectivity index (χ4v) is 3.41. The molecule has 132 valence electrons. The molecule has 3 heterocycles. The molecule has 0 saturated carbocycles. The molecule has 0 atom stereocenters. The zero-order valence-corrected chi connectivity index (χ0v) is 15.0. The molecule has 2 amide bonds. The first-order valence-electron chi connectivity index (χ1n) is 7.51. The van der Waals surface area contributed by atoms with Crippen molar-refractivity contribution in [3.05, 3.63) is 40.6 Å². The van der Waals surface area contributed by atoms with E-state index in [-0.39, 0.29) is 23.2 Å². The Kier molecular flexibility index (Phi) is 4.09. The van der Waals surface area contributed by atoms with Crippen LogP contribution in [0.15, 0.2) is 29.9 Å². The van der Waals surface area contributed by atoms with E-state index >= 15 is 0 Å². The Labute approximate surface area is 156 Å². The number of ether oxygens (including phenoxy) is 1. The standard InChI is InChI=1S/C16H12ClN5O3S/c1-22-5-8(4-18-22)16-21-12(7-26-16)15(24)20-10-3-13-11(2-9(10)17)19-14(23)6-25-13/h2-5,7H,6H2,1H3,(H,19,23)(H,20,24). The maximum Gasteiger partial charge on any atom is 0.275 e. The largest absolute Gasteiger partial charge is 0.482 e. The second-order valence-electron chi connectivity index (χ2n) is 5.56. The van der Waals surface area contributed by atoms with Gasteiger partial charge in [0.05, 0.1) is 22.6 Å². The highest BCUT2D eigenvalue weighted by atomic mass is 35.5. The predicted octanol–water partition coefficient (Wildman–Crippen LogP) is 2.78. The van der Waals surface area contributed by atoms with Crippen LogP contribution >= 0.6 is 22.9 Å². The number of rotatable bonds is 3. The van der Waals surface area contributed by atoms with E-state index in [4.69, 9.17) is 16.3 Å². The van der Waals surface area contributed by atoms with E-state index in [0.717, 1.165) is 5.56 Å². The Morgan fingerprint density at radius 2 is 2.31 bits per heavy atom. The number of hydrogen-bond acceptors (Lipinski definition) is 6. The van der Waals surface area contributed by atoms with Crippen LogP contribution in [0.25, 0.3) is 10.6 Å². The van der Waals surface area contributed by atoms with E-state index in [1.165, 1.54) is 17.4 Å². The summed E-state index contributed by atoms with van der Waals surface area (Å²) in [6, 6.07) is 3.11. The molecule has 2 N–H and O–H groups in total. The molecule has 4 rings (SSSR count). The van der Waals surface area contributed by atoms with Gasteiger partial charge in [-0.2, -0.15) is 5.10 Å². The zero-order chi connectivity index (χ0) is 18.3. The average molecular weight is 390 g/mol. The lowest BCUT2D eigenvalue weighted by Crippen LogP contribution is -2.25. The third-order valence-corrected chi connectivity index (χ3v) is 4.84. The van der Waals surface area contributed by atoms with E-state index < -0.39 is 5.91 Å². The van der Waals surface area contributed by atoms with E-state index in [2.05, 4.69) is 20.7 Å². The van der Waals surface area contributed by atoms with Crippen LogP contribution in [0.4, 0.5) is 11.4 Å². The lowest BCUT2D eigenvalue weighted by Gasteiger charge is -2.19. The first-order valence-corrected chi connectivity index (χ1v) is 8.77. The number of fused-ring (bicyclic) bond motifs is 1. The van der Waals surface area contributed by atoms with Gasteiger partial charge in [-0.25, -0.2) is 4.98 Å². The molecular weight excluding hydrogens is 378 g/mol. The van der Waals surface area contributed by atoms with Crippen LogP contribution in [-0.4, -0.2) is 33.2 Å². The summed E-state index contributed by atoms with van der Waals surface area (Å²) in [4.78, 5) is 28.2. The summed E-state index contributed by atoms with van der Waals surface area (Å²) in [6.45, 7) is -0.0808. The number of amides is 2. The number of carbonyl (C=O) groups excluding carboxylic acids is 2. The van der Waals surface area contributed by atoms with Crippen LogP contribution in [-0.2, 0) is 11.8 Å². The van der Waals surface area contributed by atoms with Gasteiger partial charge in [-0.15, -0.1) is 11.3 Å². The summed E-state index contributed by atoms with van der Waals surface area (Å²) in [5.41, 5.74) is 1.96. The van der Waals surface area contributed by atoms with Crippen LogP contribution in [0.3, 0.4) is 0 Å². The minimum Gasteiger partial charge on any atom is -0.482 e. The van der Waals surface area contributed by atoms with Gasteiger partial charge in [0.2, 0.25) is 0 Å². The number of nitrogens with one attached hydrogen (secondary N) is 2. The molecule has 0 fully saturated rings. The Hall–Kier alpha value is -2.91. The van der Waals surface area contributed by atoms with Crippen LogP contribution in [0.2, 0.25) is 5.02 Å². The van der Waals surface area contributed by atoms with Crippen LogP contribution in [0.1, 0.15) is 10.5 Å². The maximum atomic E-state index is 12.5. The quantitative estimate of drug-likeness (QED) is 0.717. The first kappa shape index (κ1) is 16.6. The molecule has 26 heavy (non-hydrogen) atoms.